The lowest BCUT2D eigenvalue weighted by atomic mass is 9.92. The van der Waals surface area contributed by atoms with E-state index >= 15 is 0 Å². The van der Waals surface area contributed by atoms with Gasteiger partial charge in [-0.1, -0.05) is 64.1 Å². The Bertz CT molecular complexity index is 714. The Morgan fingerprint density at radius 1 is 0.962 bits per heavy atom. The molecule has 3 nitrogen and oxygen atoms in total. The Labute approximate surface area is 156 Å². The highest BCUT2D eigenvalue weighted by Gasteiger charge is 2.15. The van der Waals surface area contributed by atoms with E-state index in [4.69, 9.17) is 0 Å². The van der Waals surface area contributed by atoms with Gasteiger partial charge in [0.1, 0.15) is 5.82 Å². The Morgan fingerprint density at radius 3 is 2.15 bits per heavy atom. The molecule has 0 aliphatic carbocycles. The molecule has 4 heteroatoms. The molecule has 0 unspecified atom stereocenters. The molecule has 0 bridgehead atoms. The van der Waals surface area contributed by atoms with Crippen LogP contribution in [0.25, 0.3) is 0 Å². The van der Waals surface area contributed by atoms with Gasteiger partial charge in [0.15, 0.2) is 0 Å². The van der Waals surface area contributed by atoms with Gasteiger partial charge in [-0.15, -0.1) is 0 Å². The molecule has 0 radical (unpaired) electrons. The van der Waals surface area contributed by atoms with Gasteiger partial charge in [0.25, 0.3) is 0 Å². The van der Waals surface area contributed by atoms with Crippen LogP contribution >= 0.6 is 0 Å². The summed E-state index contributed by atoms with van der Waals surface area (Å²) in [5.74, 6) is 0.385. The molecule has 0 spiro atoms. The van der Waals surface area contributed by atoms with Crippen LogP contribution in [0.15, 0.2) is 42.5 Å². The molecule has 0 fully saturated rings. The van der Waals surface area contributed by atoms with Gasteiger partial charge in [-0.3, -0.25) is 4.79 Å². The van der Waals surface area contributed by atoms with Crippen molar-refractivity contribution in [3.8, 4) is 0 Å². The summed E-state index contributed by atoms with van der Waals surface area (Å²) in [6, 6.07) is 12.9. The molecule has 0 atom stereocenters. The summed E-state index contributed by atoms with van der Waals surface area (Å²) in [6.45, 7) is 9.27. The molecule has 0 aliphatic rings. The van der Waals surface area contributed by atoms with Crippen LogP contribution < -0.4 is 10.6 Å². The van der Waals surface area contributed by atoms with E-state index in [1.807, 2.05) is 12.1 Å². The van der Waals surface area contributed by atoms with Crippen molar-refractivity contribution in [2.24, 2.45) is 0 Å². The molecule has 0 aliphatic heterocycles. The average molecular weight is 356 g/mol. The van der Waals surface area contributed by atoms with E-state index in [-0.39, 0.29) is 18.3 Å². The van der Waals surface area contributed by atoms with Crippen molar-refractivity contribution in [1.29, 1.82) is 0 Å². The number of rotatable bonds is 8. The summed E-state index contributed by atoms with van der Waals surface area (Å²) in [4.78, 5) is 12.4. The van der Waals surface area contributed by atoms with E-state index in [1.54, 1.807) is 12.1 Å². The highest BCUT2D eigenvalue weighted by atomic mass is 19.1. The van der Waals surface area contributed by atoms with E-state index < -0.39 is 0 Å². The Kier molecular flexibility index (Phi) is 7.34. The number of para-hydroxylation sites is 1. The third kappa shape index (κ3) is 5.40. The Balaban J connectivity index is 1.94. The maximum atomic E-state index is 13.6. The van der Waals surface area contributed by atoms with Gasteiger partial charge >= 0.3 is 0 Å². The zero-order chi connectivity index (χ0) is 19.1. The summed E-state index contributed by atoms with van der Waals surface area (Å²) in [5.41, 5.74) is 3.89. The fourth-order valence-electron chi connectivity index (χ4n) is 3.01. The van der Waals surface area contributed by atoms with Gasteiger partial charge in [0.2, 0.25) is 5.91 Å². The molecule has 2 rings (SSSR count). The van der Waals surface area contributed by atoms with Crippen LogP contribution in [-0.4, -0.2) is 19.0 Å². The van der Waals surface area contributed by atoms with Crippen molar-refractivity contribution in [3.05, 3.63) is 65.0 Å². The standard InChI is InChI=1S/C22H29FN2O/c1-15(2)18-9-7-10-19(16(3)4)22(18)25-21(26)14-24-13-12-17-8-5-6-11-20(17)23/h5-11,15-16,24H,12-14H2,1-4H3,(H,25,26). The third-order valence-electron chi connectivity index (χ3n) is 4.45. The van der Waals surface area contributed by atoms with Crippen LogP contribution in [0, 0.1) is 5.82 Å². The molecule has 2 aromatic rings. The predicted molar refractivity (Wildman–Crippen MR) is 106 cm³/mol. The van der Waals surface area contributed by atoms with Crippen molar-refractivity contribution in [2.75, 3.05) is 18.4 Å². The lowest BCUT2D eigenvalue weighted by molar-refractivity contribution is -0.115. The normalized spacial score (nSPS) is 11.2. The second-order valence-corrected chi connectivity index (χ2v) is 7.19. The van der Waals surface area contributed by atoms with Crippen molar-refractivity contribution in [3.63, 3.8) is 0 Å². The minimum atomic E-state index is -0.203. The largest absolute Gasteiger partial charge is 0.324 e. The zero-order valence-electron chi connectivity index (χ0n) is 16.1. The third-order valence-corrected chi connectivity index (χ3v) is 4.45. The molecule has 0 saturated carbocycles. The highest BCUT2D eigenvalue weighted by molar-refractivity contribution is 5.94. The smallest absolute Gasteiger partial charge is 0.238 e. The molecule has 26 heavy (non-hydrogen) atoms. The molecule has 2 aromatic carbocycles. The maximum absolute atomic E-state index is 13.6. The highest BCUT2D eigenvalue weighted by Crippen LogP contribution is 2.32. The number of nitrogens with one attached hydrogen (secondary N) is 2. The Hall–Kier alpha value is -2.20. The van der Waals surface area contributed by atoms with Gasteiger partial charge in [0, 0.05) is 5.69 Å². The number of carbonyl (C=O) groups excluding carboxylic acids is 1. The van der Waals surface area contributed by atoms with Crippen LogP contribution in [0.3, 0.4) is 0 Å². The monoisotopic (exact) mass is 356 g/mol. The summed E-state index contributed by atoms with van der Waals surface area (Å²) >= 11 is 0. The van der Waals surface area contributed by atoms with Gasteiger partial charge in [-0.05, 0) is 47.6 Å². The van der Waals surface area contributed by atoms with E-state index in [2.05, 4.69) is 50.5 Å². The second-order valence-electron chi connectivity index (χ2n) is 7.19. The number of amides is 1. The van der Waals surface area contributed by atoms with Gasteiger partial charge in [0.05, 0.1) is 6.54 Å². The zero-order valence-corrected chi connectivity index (χ0v) is 16.1. The molecule has 0 heterocycles. The first-order chi connectivity index (χ1) is 12.4. The minimum Gasteiger partial charge on any atom is -0.324 e. The number of halogens is 1. The number of hydrogen-bond acceptors (Lipinski definition) is 2. The van der Waals surface area contributed by atoms with E-state index in [0.717, 1.165) is 16.8 Å². The van der Waals surface area contributed by atoms with Crippen molar-refractivity contribution < 1.29 is 9.18 Å². The van der Waals surface area contributed by atoms with E-state index in [0.29, 0.717) is 30.4 Å². The number of carbonyl (C=O) groups is 1. The SMILES string of the molecule is CC(C)c1cccc(C(C)C)c1NC(=O)CNCCc1ccccc1F. The quantitative estimate of drug-likeness (QED) is 0.664. The Morgan fingerprint density at radius 2 is 1.58 bits per heavy atom. The molecular weight excluding hydrogens is 327 g/mol. The average Bonchev–Trinajstić information content (AvgIpc) is 2.59. The number of hydrogen-bond donors (Lipinski definition) is 2. The fraction of sp³-hybridized carbons (Fsp3) is 0.409. The molecule has 1 amide bonds. The van der Waals surface area contributed by atoms with Crippen LogP contribution in [0.2, 0.25) is 0 Å². The van der Waals surface area contributed by atoms with Gasteiger partial charge in [-0.25, -0.2) is 4.39 Å². The first kappa shape index (κ1) is 20.1. The number of benzene rings is 2. The van der Waals surface area contributed by atoms with Crippen molar-refractivity contribution in [1.82, 2.24) is 5.32 Å². The predicted octanol–water partition coefficient (Wildman–Crippen LogP) is 4.84. The summed E-state index contributed by atoms with van der Waals surface area (Å²) in [5, 5.41) is 6.18. The summed E-state index contributed by atoms with van der Waals surface area (Å²) in [6.07, 6.45) is 0.555. The van der Waals surface area contributed by atoms with Crippen molar-refractivity contribution in [2.45, 2.75) is 46.0 Å². The van der Waals surface area contributed by atoms with Crippen LogP contribution in [0.5, 0.6) is 0 Å². The number of anilines is 1. The lowest BCUT2D eigenvalue weighted by Crippen LogP contribution is -2.30. The summed E-state index contributed by atoms with van der Waals surface area (Å²) in [7, 11) is 0. The molecule has 0 saturated heterocycles. The molecular formula is C22H29FN2O. The fourth-order valence-corrected chi connectivity index (χ4v) is 3.01. The van der Waals surface area contributed by atoms with Crippen LogP contribution in [-0.2, 0) is 11.2 Å². The second kappa shape index (κ2) is 9.48. The van der Waals surface area contributed by atoms with Gasteiger partial charge in [-0.2, -0.15) is 0 Å². The van der Waals surface area contributed by atoms with Crippen LogP contribution in [0.1, 0.15) is 56.2 Å². The topological polar surface area (TPSA) is 41.1 Å². The first-order valence-electron chi connectivity index (χ1n) is 9.27. The first-order valence-corrected chi connectivity index (χ1v) is 9.27. The maximum Gasteiger partial charge on any atom is 0.238 e. The van der Waals surface area contributed by atoms with Crippen molar-refractivity contribution >= 4 is 11.6 Å². The molecule has 0 aromatic heterocycles. The summed E-state index contributed by atoms with van der Waals surface area (Å²) < 4.78 is 13.6. The minimum absolute atomic E-state index is 0.0754. The van der Waals surface area contributed by atoms with Gasteiger partial charge < -0.3 is 10.6 Å². The molecule has 140 valence electrons. The lowest BCUT2D eigenvalue weighted by Gasteiger charge is -2.20. The molecule has 2 N–H and O–H groups in total. The van der Waals surface area contributed by atoms with E-state index in [9.17, 15) is 9.18 Å². The van der Waals surface area contributed by atoms with E-state index in [1.165, 1.54) is 6.07 Å². The van der Waals surface area contributed by atoms with Crippen LogP contribution in [0.4, 0.5) is 10.1 Å².